The van der Waals surface area contributed by atoms with E-state index in [1.54, 1.807) is 32.9 Å². The van der Waals surface area contributed by atoms with Crippen molar-refractivity contribution >= 4 is 11.8 Å². The molecule has 116 valence electrons. The van der Waals surface area contributed by atoms with Crippen molar-refractivity contribution in [3.63, 3.8) is 0 Å². The molecule has 0 spiro atoms. The summed E-state index contributed by atoms with van der Waals surface area (Å²) in [6, 6.07) is 9.15. The number of aromatic amines is 1. The minimum Gasteiger partial charge on any atom is -0.483 e. The zero-order chi connectivity index (χ0) is 16.3. The normalized spacial score (nSPS) is 11.8. The molecule has 0 saturated carbocycles. The first-order chi connectivity index (χ1) is 10.5. The van der Waals surface area contributed by atoms with Gasteiger partial charge in [-0.3, -0.25) is 4.79 Å². The standard InChI is InChI=1S/C17H19NO4/c1-10-14(11(2)18-15(10)17(20)21-4)16(19)12(3)22-13-8-6-5-7-9-13/h5-9,12,18H,1-4H3/t12-/m0/s1. The number of para-hydroxylation sites is 1. The van der Waals surface area contributed by atoms with Crippen molar-refractivity contribution in [3.8, 4) is 5.75 Å². The number of carbonyl (C=O) groups excluding carboxylic acids is 2. The molecular weight excluding hydrogens is 282 g/mol. The molecule has 0 aliphatic rings. The number of ketones is 1. The fourth-order valence-corrected chi connectivity index (χ4v) is 2.39. The summed E-state index contributed by atoms with van der Waals surface area (Å²) in [6.45, 7) is 5.17. The average Bonchev–Trinajstić information content (AvgIpc) is 2.81. The van der Waals surface area contributed by atoms with Gasteiger partial charge < -0.3 is 14.5 Å². The van der Waals surface area contributed by atoms with Crippen LogP contribution < -0.4 is 4.74 Å². The number of rotatable bonds is 5. The molecule has 0 fully saturated rings. The van der Waals surface area contributed by atoms with Crippen LogP contribution in [0.4, 0.5) is 0 Å². The van der Waals surface area contributed by atoms with Gasteiger partial charge in [0.1, 0.15) is 11.4 Å². The van der Waals surface area contributed by atoms with Crippen molar-refractivity contribution < 1.29 is 19.1 Å². The number of Topliss-reactive ketones (excluding diaryl/α,β-unsaturated/α-hetero) is 1. The maximum atomic E-state index is 12.6. The first kappa shape index (κ1) is 15.8. The molecule has 0 amide bonds. The Balaban J connectivity index is 2.26. The predicted octanol–water partition coefficient (Wildman–Crippen LogP) is 3.07. The molecule has 1 aromatic heterocycles. The van der Waals surface area contributed by atoms with Gasteiger partial charge in [0.25, 0.3) is 0 Å². The molecule has 0 bridgehead atoms. The van der Waals surface area contributed by atoms with E-state index in [0.717, 1.165) is 0 Å². The summed E-state index contributed by atoms with van der Waals surface area (Å²) in [4.78, 5) is 27.2. The van der Waals surface area contributed by atoms with Crippen molar-refractivity contribution in [2.24, 2.45) is 0 Å². The average molecular weight is 301 g/mol. The summed E-state index contributed by atoms with van der Waals surface area (Å²) in [5.74, 6) is -0.0380. The van der Waals surface area contributed by atoms with Crippen LogP contribution in [-0.2, 0) is 4.74 Å². The van der Waals surface area contributed by atoms with Crippen molar-refractivity contribution in [2.75, 3.05) is 7.11 Å². The van der Waals surface area contributed by atoms with Gasteiger partial charge in [0.05, 0.1) is 7.11 Å². The third-order valence-corrected chi connectivity index (χ3v) is 3.50. The van der Waals surface area contributed by atoms with E-state index in [1.807, 2.05) is 18.2 Å². The lowest BCUT2D eigenvalue weighted by molar-refractivity contribution is 0.0594. The minimum atomic E-state index is -0.652. The largest absolute Gasteiger partial charge is 0.483 e. The van der Waals surface area contributed by atoms with Gasteiger partial charge in [-0.1, -0.05) is 18.2 Å². The van der Waals surface area contributed by atoms with Crippen LogP contribution in [0.2, 0.25) is 0 Å². The van der Waals surface area contributed by atoms with E-state index in [0.29, 0.717) is 28.3 Å². The maximum absolute atomic E-state index is 12.6. The van der Waals surface area contributed by atoms with E-state index in [4.69, 9.17) is 9.47 Å². The smallest absolute Gasteiger partial charge is 0.354 e. The molecule has 0 saturated heterocycles. The third-order valence-electron chi connectivity index (χ3n) is 3.50. The summed E-state index contributed by atoms with van der Waals surface area (Å²) in [5, 5.41) is 0. The molecule has 0 aliphatic heterocycles. The Kier molecular flexibility index (Phi) is 4.65. The van der Waals surface area contributed by atoms with Gasteiger partial charge in [-0.2, -0.15) is 0 Å². The van der Waals surface area contributed by atoms with Crippen LogP contribution in [0.1, 0.15) is 39.0 Å². The fraction of sp³-hybridized carbons (Fsp3) is 0.294. The van der Waals surface area contributed by atoms with Crippen LogP contribution in [0.3, 0.4) is 0 Å². The van der Waals surface area contributed by atoms with E-state index in [1.165, 1.54) is 7.11 Å². The molecule has 2 rings (SSSR count). The van der Waals surface area contributed by atoms with Crippen LogP contribution in [0.25, 0.3) is 0 Å². The van der Waals surface area contributed by atoms with Crippen molar-refractivity contribution in [1.82, 2.24) is 4.98 Å². The number of hydrogen-bond acceptors (Lipinski definition) is 4. The van der Waals surface area contributed by atoms with Crippen LogP contribution in [0.5, 0.6) is 5.75 Å². The number of benzene rings is 1. The Morgan fingerprint density at radius 3 is 2.36 bits per heavy atom. The summed E-state index contributed by atoms with van der Waals surface area (Å²) in [5.41, 5.74) is 1.99. The number of nitrogens with one attached hydrogen (secondary N) is 1. The van der Waals surface area contributed by atoms with Gasteiger partial charge in [0.2, 0.25) is 5.78 Å². The van der Waals surface area contributed by atoms with E-state index in [-0.39, 0.29) is 5.78 Å². The molecule has 5 nitrogen and oxygen atoms in total. The van der Waals surface area contributed by atoms with Gasteiger partial charge in [-0.05, 0) is 38.5 Å². The maximum Gasteiger partial charge on any atom is 0.354 e. The minimum absolute atomic E-state index is 0.176. The molecule has 2 aromatic rings. The molecule has 5 heteroatoms. The molecule has 0 radical (unpaired) electrons. The SMILES string of the molecule is COC(=O)c1[nH]c(C)c(C(=O)[C@H](C)Oc2ccccc2)c1C. The first-order valence-electron chi connectivity index (χ1n) is 6.99. The van der Waals surface area contributed by atoms with E-state index >= 15 is 0 Å². The van der Waals surface area contributed by atoms with E-state index in [2.05, 4.69) is 4.98 Å². The molecular formula is C17H19NO4. The lowest BCUT2D eigenvalue weighted by Gasteiger charge is -2.14. The Morgan fingerprint density at radius 1 is 1.14 bits per heavy atom. The molecule has 22 heavy (non-hydrogen) atoms. The van der Waals surface area contributed by atoms with Gasteiger partial charge in [-0.15, -0.1) is 0 Å². The molecule has 1 N–H and O–H groups in total. The number of carbonyl (C=O) groups is 2. The second-order valence-electron chi connectivity index (χ2n) is 5.05. The van der Waals surface area contributed by atoms with Crippen molar-refractivity contribution in [1.29, 1.82) is 0 Å². The quantitative estimate of drug-likeness (QED) is 0.680. The number of ether oxygens (including phenoxy) is 2. The second-order valence-corrected chi connectivity index (χ2v) is 5.05. The van der Waals surface area contributed by atoms with E-state index < -0.39 is 12.1 Å². The molecule has 1 heterocycles. The summed E-state index contributed by atoms with van der Waals surface area (Å²) in [7, 11) is 1.31. The van der Waals surface area contributed by atoms with E-state index in [9.17, 15) is 9.59 Å². The fourth-order valence-electron chi connectivity index (χ4n) is 2.39. The Bertz CT molecular complexity index is 688. The molecule has 0 unspecified atom stereocenters. The number of esters is 1. The Morgan fingerprint density at radius 2 is 1.77 bits per heavy atom. The highest BCUT2D eigenvalue weighted by atomic mass is 16.5. The number of H-pyrrole nitrogens is 1. The monoisotopic (exact) mass is 301 g/mol. The van der Waals surface area contributed by atoms with Crippen LogP contribution in [0, 0.1) is 13.8 Å². The molecule has 0 aliphatic carbocycles. The number of aromatic nitrogens is 1. The number of methoxy groups -OCH3 is 1. The predicted molar refractivity (Wildman–Crippen MR) is 82.5 cm³/mol. The zero-order valence-corrected chi connectivity index (χ0v) is 13.1. The van der Waals surface area contributed by atoms with Gasteiger partial charge in [-0.25, -0.2) is 4.79 Å². The van der Waals surface area contributed by atoms with Gasteiger partial charge in [0.15, 0.2) is 6.10 Å². The lowest BCUT2D eigenvalue weighted by atomic mass is 10.0. The summed E-state index contributed by atoms with van der Waals surface area (Å²) >= 11 is 0. The van der Waals surface area contributed by atoms with Crippen LogP contribution >= 0.6 is 0 Å². The summed E-state index contributed by atoms with van der Waals surface area (Å²) < 4.78 is 10.4. The Labute approximate surface area is 129 Å². The number of hydrogen-bond donors (Lipinski definition) is 1. The third kappa shape index (κ3) is 3.03. The Hall–Kier alpha value is -2.56. The highest BCUT2D eigenvalue weighted by molar-refractivity contribution is 6.04. The number of aryl methyl sites for hydroxylation is 1. The van der Waals surface area contributed by atoms with Crippen LogP contribution in [0.15, 0.2) is 30.3 Å². The molecule has 1 atom stereocenters. The first-order valence-corrected chi connectivity index (χ1v) is 6.99. The van der Waals surface area contributed by atoms with Crippen molar-refractivity contribution in [3.05, 3.63) is 52.8 Å². The van der Waals surface area contributed by atoms with Gasteiger partial charge in [0, 0.05) is 11.3 Å². The lowest BCUT2D eigenvalue weighted by Crippen LogP contribution is -2.25. The topological polar surface area (TPSA) is 68.4 Å². The zero-order valence-electron chi connectivity index (χ0n) is 13.1. The second kappa shape index (κ2) is 6.47. The highest BCUT2D eigenvalue weighted by Crippen LogP contribution is 2.22. The van der Waals surface area contributed by atoms with Crippen LogP contribution in [-0.4, -0.2) is 30.0 Å². The highest BCUT2D eigenvalue weighted by Gasteiger charge is 2.26. The summed E-state index contributed by atoms with van der Waals surface area (Å²) in [6.07, 6.45) is -0.652. The molecule has 1 aromatic carbocycles. The van der Waals surface area contributed by atoms with Crippen molar-refractivity contribution in [2.45, 2.75) is 26.9 Å². The van der Waals surface area contributed by atoms with Gasteiger partial charge >= 0.3 is 5.97 Å².